The van der Waals surface area contributed by atoms with Crippen molar-refractivity contribution >= 4 is 22.6 Å². The van der Waals surface area contributed by atoms with Gasteiger partial charge >= 0.3 is 0 Å². The first kappa shape index (κ1) is 20.6. The molecule has 2 heterocycles. The number of rotatable bonds is 6. The van der Waals surface area contributed by atoms with E-state index < -0.39 is 0 Å². The number of carbonyl (C=O) groups excluding carboxylic acids is 1. The second-order valence-electron chi connectivity index (χ2n) is 8.92. The molecule has 0 N–H and O–H groups in total. The second-order valence-corrected chi connectivity index (χ2v) is 8.92. The van der Waals surface area contributed by atoms with Crippen LogP contribution in [0.3, 0.4) is 0 Å². The van der Waals surface area contributed by atoms with Gasteiger partial charge in [-0.1, -0.05) is 29.8 Å². The van der Waals surface area contributed by atoms with Gasteiger partial charge in [-0.05, 0) is 71.1 Å². The van der Waals surface area contributed by atoms with Gasteiger partial charge in [-0.15, -0.1) is 0 Å². The topological polar surface area (TPSA) is 41.4 Å². The molecule has 1 aliphatic heterocycles. The number of amides is 1. The number of aromatic nitrogens is 2. The first-order chi connectivity index (χ1) is 14.3. The Bertz CT molecular complexity index is 1060. The van der Waals surface area contributed by atoms with Crippen LogP contribution >= 0.6 is 0 Å². The first-order valence-corrected chi connectivity index (χ1v) is 10.8. The van der Waals surface area contributed by atoms with Crippen molar-refractivity contribution in [2.75, 3.05) is 32.1 Å². The van der Waals surface area contributed by atoms with Gasteiger partial charge in [0.25, 0.3) is 0 Å². The van der Waals surface area contributed by atoms with E-state index in [2.05, 4.69) is 74.7 Å². The molecule has 1 unspecified atom stereocenters. The van der Waals surface area contributed by atoms with E-state index in [0.29, 0.717) is 13.0 Å². The van der Waals surface area contributed by atoms with Gasteiger partial charge in [0.2, 0.25) is 5.91 Å². The van der Waals surface area contributed by atoms with E-state index in [4.69, 9.17) is 4.98 Å². The lowest BCUT2D eigenvalue weighted by molar-refractivity contribution is -0.117. The predicted molar refractivity (Wildman–Crippen MR) is 123 cm³/mol. The van der Waals surface area contributed by atoms with Crippen LogP contribution in [-0.2, 0) is 11.3 Å². The fraction of sp³-hybridized carbons (Fsp3) is 0.440. The van der Waals surface area contributed by atoms with Crippen LogP contribution < -0.4 is 4.90 Å². The van der Waals surface area contributed by atoms with Crippen molar-refractivity contribution < 1.29 is 4.79 Å². The lowest BCUT2D eigenvalue weighted by Crippen LogP contribution is -2.26. The quantitative estimate of drug-likeness (QED) is 0.610. The summed E-state index contributed by atoms with van der Waals surface area (Å²) in [6.07, 6.45) is 1.57. The minimum atomic E-state index is 0.115. The molecule has 0 saturated carbocycles. The highest BCUT2D eigenvalue weighted by atomic mass is 16.2. The number of carbonyl (C=O) groups is 1. The van der Waals surface area contributed by atoms with Gasteiger partial charge in [0.15, 0.2) is 0 Å². The van der Waals surface area contributed by atoms with E-state index >= 15 is 0 Å². The van der Waals surface area contributed by atoms with E-state index in [1.165, 1.54) is 22.2 Å². The van der Waals surface area contributed by atoms with Crippen LogP contribution in [0.25, 0.3) is 11.0 Å². The smallest absolute Gasteiger partial charge is 0.227 e. The van der Waals surface area contributed by atoms with E-state index in [0.717, 1.165) is 36.5 Å². The summed E-state index contributed by atoms with van der Waals surface area (Å²) in [5.41, 5.74) is 6.83. The highest BCUT2D eigenvalue weighted by Gasteiger charge is 2.36. The zero-order chi connectivity index (χ0) is 21.4. The van der Waals surface area contributed by atoms with Crippen molar-refractivity contribution in [1.82, 2.24) is 14.5 Å². The average Bonchev–Trinajstić information content (AvgIpc) is 3.22. The molecule has 0 spiro atoms. The van der Waals surface area contributed by atoms with Gasteiger partial charge in [-0.25, -0.2) is 4.98 Å². The monoisotopic (exact) mass is 404 g/mol. The van der Waals surface area contributed by atoms with Crippen LogP contribution in [0, 0.1) is 20.8 Å². The van der Waals surface area contributed by atoms with Crippen LogP contribution in [-0.4, -0.2) is 47.5 Å². The maximum Gasteiger partial charge on any atom is 0.227 e. The minimum absolute atomic E-state index is 0.115. The van der Waals surface area contributed by atoms with Gasteiger partial charge in [-0.3, -0.25) is 4.79 Å². The number of imidazole rings is 1. The van der Waals surface area contributed by atoms with Crippen LogP contribution in [0.2, 0.25) is 0 Å². The standard InChI is InChI=1S/C25H32N4O/c1-17-13-18(2)24(19(3)14-17)29-16-20(15-23(29)30)25-26-21-9-6-7-10-22(21)28(25)12-8-11-27(4)5/h6-7,9-10,13-14,20H,8,11-12,15-16H2,1-5H3. The Labute approximate surface area is 179 Å². The molecule has 1 fully saturated rings. The molecule has 1 aliphatic rings. The van der Waals surface area contributed by atoms with Gasteiger partial charge in [0.05, 0.1) is 11.0 Å². The van der Waals surface area contributed by atoms with Gasteiger partial charge in [0, 0.05) is 31.1 Å². The van der Waals surface area contributed by atoms with Crippen molar-refractivity contribution in [3.63, 3.8) is 0 Å². The van der Waals surface area contributed by atoms with Crippen molar-refractivity contribution in [3.8, 4) is 0 Å². The molecule has 3 aromatic rings. The lowest BCUT2D eigenvalue weighted by Gasteiger charge is -2.22. The molecular weight excluding hydrogens is 372 g/mol. The van der Waals surface area contributed by atoms with Gasteiger partial charge in [0.1, 0.15) is 5.82 Å². The highest BCUT2D eigenvalue weighted by Crippen LogP contribution is 2.36. The summed E-state index contributed by atoms with van der Waals surface area (Å²) in [6.45, 7) is 8.96. The molecule has 1 amide bonds. The summed E-state index contributed by atoms with van der Waals surface area (Å²) in [5.74, 6) is 1.36. The second kappa shape index (κ2) is 8.23. The molecule has 0 aliphatic carbocycles. The SMILES string of the molecule is Cc1cc(C)c(N2CC(c3nc4ccccc4n3CCCN(C)C)CC2=O)c(C)c1. The highest BCUT2D eigenvalue weighted by molar-refractivity contribution is 5.98. The summed E-state index contributed by atoms with van der Waals surface area (Å²) < 4.78 is 2.34. The number of aryl methyl sites for hydroxylation is 4. The summed E-state index contributed by atoms with van der Waals surface area (Å²) in [5, 5.41) is 0. The fourth-order valence-corrected chi connectivity index (χ4v) is 4.88. The summed E-state index contributed by atoms with van der Waals surface area (Å²) >= 11 is 0. The summed E-state index contributed by atoms with van der Waals surface area (Å²) in [7, 11) is 4.21. The molecule has 0 radical (unpaired) electrons. The third kappa shape index (κ3) is 3.86. The van der Waals surface area contributed by atoms with E-state index in [-0.39, 0.29) is 11.8 Å². The van der Waals surface area contributed by atoms with Crippen LogP contribution in [0.15, 0.2) is 36.4 Å². The molecule has 30 heavy (non-hydrogen) atoms. The molecular formula is C25H32N4O. The Balaban J connectivity index is 1.67. The number of anilines is 1. The van der Waals surface area contributed by atoms with E-state index in [1.54, 1.807) is 0 Å². The maximum absolute atomic E-state index is 13.1. The molecule has 1 saturated heterocycles. The Hall–Kier alpha value is -2.66. The number of hydrogen-bond donors (Lipinski definition) is 0. The minimum Gasteiger partial charge on any atom is -0.328 e. The molecule has 1 aromatic heterocycles. The number of para-hydroxylation sites is 2. The first-order valence-electron chi connectivity index (χ1n) is 10.8. The fourth-order valence-electron chi connectivity index (χ4n) is 4.88. The maximum atomic E-state index is 13.1. The number of nitrogens with zero attached hydrogens (tertiary/aromatic N) is 4. The lowest BCUT2D eigenvalue weighted by atomic mass is 10.0. The Kier molecular flexibility index (Phi) is 5.65. The van der Waals surface area contributed by atoms with Crippen LogP contribution in [0.1, 0.15) is 41.3 Å². The normalized spacial score (nSPS) is 16.9. The van der Waals surface area contributed by atoms with E-state index in [1.807, 2.05) is 11.0 Å². The number of fused-ring (bicyclic) bond motifs is 1. The van der Waals surface area contributed by atoms with E-state index in [9.17, 15) is 4.79 Å². The molecule has 158 valence electrons. The number of hydrogen-bond acceptors (Lipinski definition) is 3. The average molecular weight is 405 g/mol. The van der Waals surface area contributed by atoms with Crippen LogP contribution in [0.4, 0.5) is 5.69 Å². The molecule has 2 aromatic carbocycles. The molecule has 1 atom stereocenters. The third-order valence-electron chi connectivity index (χ3n) is 6.07. The summed E-state index contributed by atoms with van der Waals surface area (Å²) in [4.78, 5) is 22.2. The summed E-state index contributed by atoms with van der Waals surface area (Å²) in [6, 6.07) is 12.7. The van der Waals surface area contributed by atoms with Gasteiger partial charge < -0.3 is 14.4 Å². The van der Waals surface area contributed by atoms with Crippen molar-refractivity contribution in [3.05, 3.63) is 58.9 Å². The number of benzene rings is 2. The molecule has 5 heteroatoms. The Morgan fingerprint density at radius 1 is 1.10 bits per heavy atom. The van der Waals surface area contributed by atoms with Crippen molar-refractivity contribution in [1.29, 1.82) is 0 Å². The largest absolute Gasteiger partial charge is 0.328 e. The zero-order valence-corrected chi connectivity index (χ0v) is 18.8. The Morgan fingerprint density at radius 2 is 1.80 bits per heavy atom. The van der Waals surface area contributed by atoms with Gasteiger partial charge in [-0.2, -0.15) is 0 Å². The molecule has 0 bridgehead atoms. The third-order valence-corrected chi connectivity index (χ3v) is 6.07. The Morgan fingerprint density at radius 3 is 2.50 bits per heavy atom. The predicted octanol–water partition coefficient (Wildman–Crippen LogP) is 4.43. The van der Waals surface area contributed by atoms with Crippen LogP contribution in [0.5, 0.6) is 0 Å². The zero-order valence-electron chi connectivity index (χ0n) is 18.8. The van der Waals surface area contributed by atoms with Crippen molar-refractivity contribution in [2.45, 2.75) is 46.1 Å². The molecule has 4 rings (SSSR count). The molecule has 5 nitrogen and oxygen atoms in total. The van der Waals surface area contributed by atoms with Crippen molar-refractivity contribution in [2.24, 2.45) is 0 Å².